The van der Waals surface area contributed by atoms with E-state index < -0.39 is 6.43 Å². The molecule has 1 rings (SSSR count). The van der Waals surface area contributed by atoms with E-state index in [1.54, 1.807) is 12.1 Å². The number of hydrogen-bond acceptors (Lipinski definition) is 2. The number of benzene rings is 1. The van der Waals surface area contributed by atoms with Gasteiger partial charge in [-0.1, -0.05) is 31.0 Å². The van der Waals surface area contributed by atoms with Gasteiger partial charge in [-0.05, 0) is 43.0 Å². The third kappa shape index (κ3) is 7.53. The maximum absolute atomic E-state index is 12.5. The molecule has 0 spiro atoms. The first-order valence-corrected chi connectivity index (χ1v) is 8.20. The maximum Gasteiger partial charge on any atom is 0.263 e. The van der Waals surface area contributed by atoms with Crippen LogP contribution >= 0.6 is 11.8 Å². The van der Waals surface area contributed by atoms with Crippen LogP contribution in [0.1, 0.15) is 43.2 Å². The minimum absolute atomic E-state index is 0.108. The molecule has 108 valence electrons. The van der Waals surface area contributed by atoms with E-state index in [-0.39, 0.29) is 5.56 Å². The maximum atomic E-state index is 12.5. The molecule has 1 aromatic rings. The normalized spacial score (nSPS) is 11.2. The Morgan fingerprint density at radius 2 is 1.95 bits per heavy atom. The van der Waals surface area contributed by atoms with Gasteiger partial charge in [-0.15, -0.1) is 0 Å². The van der Waals surface area contributed by atoms with Gasteiger partial charge in [0.1, 0.15) is 0 Å². The highest BCUT2D eigenvalue weighted by Crippen LogP contribution is 2.19. The second kappa shape index (κ2) is 10.2. The van der Waals surface area contributed by atoms with Crippen molar-refractivity contribution in [3.8, 4) is 0 Å². The predicted octanol–water partition coefficient (Wildman–Crippen LogP) is 4.64. The lowest BCUT2D eigenvalue weighted by Gasteiger charge is -2.07. The van der Waals surface area contributed by atoms with E-state index in [4.69, 9.17) is 0 Å². The molecule has 0 aliphatic heterocycles. The monoisotopic (exact) mass is 287 g/mol. The van der Waals surface area contributed by atoms with Gasteiger partial charge in [-0.2, -0.15) is 11.8 Å². The van der Waals surface area contributed by atoms with Gasteiger partial charge in [0.05, 0.1) is 0 Å². The molecular weight excluding hydrogens is 264 g/mol. The Morgan fingerprint density at radius 3 is 2.68 bits per heavy atom. The van der Waals surface area contributed by atoms with Crippen LogP contribution in [0.25, 0.3) is 0 Å². The molecule has 0 amide bonds. The summed E-state index contributed by atoms with van der Waals surface area (Å²) in [5.74, 6) is 1.24. The third-order valence-corrected chi connectivity index (χ3v) is 3.68. The summed E-state index contributed by atoms with van der Waals surface area (Å²) in [6.45, 7) is 1.63. The molecule has 0 unspecified atom stereocenters. The summed E-state index contributed by atoms with van der Waals surface area (Å²) < 4.78 is 25.0. The minimum Gasteiger partial charge on any atom is -0.313 e. The van der Waals surface area contributed by atoms with Crippen molar-refractivity contribution < 1.29 is 8.78 Å². The van der Waals surface area contributed by atoms with Crippen molar-refractivity contribution in [1.29, 1.82) is 0 Å². The molecule has 4 heteroatoms. The topological polar surface area (TPSA) is 12.0 Å². The first-order chi connectivity index (χ1) is 9.24. The Hall–Kier alpha value is -0.610. The number of hydrogen-bond donors (Lipinski definition) is 1. The van der Waals surface area contributed by atoms with Crippen molar-refractivity contribution in [3.63, 3.8) is 0 Å². The van der Waals surface area contributed by atoms with Crippen molar-refractivity contribution in [2.75, 3.05) is 18.6 Å². The average molecular weight is 287 g/mol. The average Bonchev–Trinajstić information content (AvgIpc) is 2.42. The molecule has 1 nitrogen and oxygen atoms in total. The quantitative estimate of drug-likeness (QED) is 0.629. The van der Waals surface area contributed by atoms with E-state index >= 15 is 0 Å². The van der Waals surface area contributed by atoms with Crippen LogP contribution in [0.5, 0.6) is 0 Å². The molecule has 0 radical (unpaired) electrons. The van der Waals surface area contributed by atoms with Crippen LogP contribution in [0.2, 0.25) is 0 Å². The van der Waals surface area contributed by atoms with Gasteiger partial charge in [-0.25, -0.2) is 8.78 Å². The van der Waals surface area contributed by atoms with Crippen molar-refractivity contribution in [2.45, 2.75) is 38.7 Å². The Labute approximate surface area is 119 Å². The van der Waals surface area contributed by atoms with Crippen LogP contribution in [0.3, 0.4) is 0 Å². The fourth-order valence-electron chi connectivity index (χ4n) is 1.92. The van der Waals surface area contributed by atoms with Gasteiger partial charge < -0.3 is 5.32 Å². The van der Waals surface area contributed by atoms with Gasteiger partial charge in [-0.3, -0.25) is 0 Å². The van der Waals surface area contributed by atoms with E-state index in [0.717, 1.165) is 18.5 Å². The van der Waals surface area contributed by atoms with Crippen molar-refractivity contribution >= 4 is 11.8 Å². The van der Waals surface area contributed by atoms with E-state index in [1.165, 1.54) is 31.1 Å². The molecule has 0 aliphatic carbocycles. The predicted molar refractivity (Wildman–Crippen MR) is 80.0 cm³/mol. The van der Waals surface area contributed by atoms with Crippen LogP contribution in [0, 0.1) is 0 Å². The molecule has 1 N–H and O–H groups in total. The first kappa shape index (κ1) is 16.4. The van der Waals surface area contributed by atoms with E-state index in [1.807, 2.05) is 17.8 Å². The lowest BCUT2D eigenvalue weighted by atomic mass is 10.1. The van der Waals surface area contributed by atoms with Crippen LogP contribution < -0.4 is 5.32 Å². The molecule has 0 aromatic heterocycles. The Morgan fingerprint density at radius 1 is 1.16 bits per heavy atom. The zero-order valence-corrected chi connectivity index (χ0v) is 12.3. The largest absolute Gasteiger partial charge is 0.313 e. The smallest absolute Gasteiger partial charge is 0.263 e. The summed E-state index contributed by atoms with van der Waals surface area (Å²) in [5, 5.41) is 3.31. The highest BCUT2D eigenvalue weighted by atomic mass is 32.2. The highest BCUT2D eigenvalue weighted by molar-refractivity contribution is 7.98. The molecule has 0 aliphatic rings. The number of thioether (sulfide) groups is 1. The van der Waals surface area contributed by atoms with Crippen LogP contribution in [0.15, 0.2) is 24.3 Å². The molecule has 0 saturated heterocycles. The fraction of sp³-hybridized carbons (Fsp3) is 0.600. The standard InChI is InChI=1S/C15H23F2NS/c1-19-10-5-3-2-4-9-18-12-13-7-6-8-14(11-13)15(16)17/h6-8,11,15,18H,2-5,9-10,12H2,1H3. The molecule has 0 atom stereocenters. The van der Waals surface area contributed by atoms with Crippen molar-refractivity contribution in [2.24, 2.45) is 0 Å². The highest BCUT2D eigenvalue weighted by Gasteiger charge is 2.06. The summed E-state index contributed by atoms with van der Waals surface area (Å²) in [6, 6.07) is 6.63. The number of nitrogens with one attached hydrogen (secondary N) is 1. The molecule has 0 bridgehead atoms. The number of alkyl halides is 2. The first-order valence-electron chi connectivity index (χ1n) is 6.80. The molecule has 0 heterocycles. The lowest BCUT2D eigenvalue weighted by molar-refractivity contribution is 0.151. The van der Waals surface area contributed by atoms with E-state index in [9.17, 15) is 8.78 Å². The van der Waals surface area contributed by atoms with E-state index in [2.05, 4.69) is 11.6 Å². The van der Waals surface area contributed by atoms with E-state index in [0.29, 0.717) is 6.54 Å². The number of unbranched alkanes of at least 4 members (excludes halogenated alkanes) is 3. The van der Waals surface area contributed by atoms with Crippen LogP contribution in [0.4, 0.5) is 8.78 Å². The van der Waals surface area contributed by atoms with Gasteiger partial charge in [0.25, 0.3) is 6.43 Å². The number of halogens is 2. The Bertz CT molecular complexity index is 345. The molecule has 19 heavy (non-hydrogen) atoms. The molecule has 1 aromatic carbocycles. The van der Waals surface area contributed by atoms with Gasteiger partial charge in [0.15, 0.2) is 0 Å². The fourth-order valence-corrected chi connectivity index (χ4v) is 2.41. The van der Waals surface area contributed by atoms with Gasteiger partial charge in [0.2, 0.25) is 0 Å². The Kier molecular flexibility index (Phi) is 8.84. The summed E-state index contributed by atoms with van der Waals surface area (Å²) in [7, 11) is 0. The van der Waals surface area contributed by atoms with Crippen molar-refractivity contribution in [3.05, 3.63) is 35.4 Å². The SMILES string of the molecule is CSCCCCCCNCc1cccc(C(F)F)c1. The Balaban J connectivity index is 2.10. The minimum atomic E-state index is -2.38. The second-order valence-electron chi connectivity index (χ2n) is 4.63. The molecule has 0 saturated carbocycles. The zero-order chi connectivity index (χ0) is 13.9. The summed E-state index contributed by atoms with van der Waals surface area (Å²) in [6.07, 6.45) is 4.72. The summed E-state index contributed by atoms with van der Waals surface area (Å²) in [4.78, 5) is 0. The summed E-state index contributed by atoms with van der Waals surface area (Å²) in [5.41, 5.74) is 1.04. The lowest BCUT2D eigenvalue weighted by Crippen LogP contribution is -2.14. The number of rotatable bonds is 10. The van der Waals surface area contributed by atoms with Crippen LogP contribution in [-0.2, 0) is 6.54 Å². The molecule has 0 fully saturated rings. The van der Waals surface area contributed by atoms with Gasteiger partial charge in [0, 0.05) is 12.1 Å². The summed E-state index contributed by atoms with van der Waals surface area (Å²) >= 11 is 1.89. The van der Waals surface area contributed by atoms with Crippen molar-refractivity contribution in [1.82, 2.24) is 5.32 Å². The molecular formula is C15H23F2NS. The van der Waals surface area contributed by atoms with Crippen LogP contribution in [-0.4, -0.2) is 18.6 Å². The van der Waals surface area contributed by atoms with Gasteiger partial charge >= 0.3 is 0 Å². The zero-order valence-electron chi connectivity index (χ0n) is 11.5. The third-order valence-electron chi connectivity index (χ3n) is 2.98. The second-order valence-corrected chi connectivity index (χ2v) is 5.62.